The molecule has 0 atom stereocenters. The Morgan fingerprint density at radius 2 is 1.41 bits per heavy atom. The maximum absolute atomic E-state index is 12.4. The van der Waals surface area contributed by atoms with Gasteiger partial charge in [-0.2, -0.15) is 0 Å². The Balaban J connectivity index is 1.66. The van der Waals surface area contributed by atoms with Gasteiger partial charge in [0.2, 0.25) is 0 Å². The number of nitro groups is 1. The van der Waals surface area contributed by atoms with Crippen molar-refractivity contribution in [2.24, 2.45) is 0 Å². The van der Waals surface area contributed by atoms with Crippen LogP contribution in [0.1, 0.15) is 26.3 Å². The highest BCUT2D eigenvalue weighted by Gasteiger charge is 2.14. The van der Waals surface area contributed by atoms with E-state index in [0.29, 0.717) is 33.1 Å². The number of carbonyl (C=O) groups is 2. The molecule has 2 N–H and O–H groups in total. The smallest absolute Gasteiger partial charge is 0.272 e. The summed E-state index contributed by atoms with van der Waals surface area (Å²) in [7, 11) is 0. The van der Waals surface area contributed by atoms with Crippen LogP contribution in [-0.2, 0) is 0 Å². The highest BCUT2D eigenvalue weighted by molar-refractivity contribution is 6.31. The maximum Gasteiger partial charge on any atom is 0.272 e. The predicted molar refractivity (Wildman–Crippen MR) is 112 cm³/mol. The van der Waals surface area contributed by atoms with Crippen molar-refractivity contribution >= 4 is 40.5 Å². The van der Waals surface area contributed by atoms with Gasteiger partial charge in [0.25, 0.3) is 17.5 Å². The Morgan fingerprint density at radius 1 is 0.862 bits per heavy atom. The van der Waals surface area contributed by atoms with Gasteiger partial charge in [-0.15, -0.1) is 0 Å². The number of hydrogen-bond donors (Lipinski definition) is 2. The second-order valence-electron chi connectivity index (χ2n) is 6.25. The van der Waals surface area contributed by atoms with Crippen molar-refractivity contribution in [1.29, 1.82) is 0 Å². The summed E-state index contributed by atoms with van der Waals surface area (Å²) >= 11 is 5.89. The average molecular weight is 410 g/mol. The summed E-state index contributed by atoms with van der Waals surface area (Å²) in [5, 5.41) is 16.8. The van der Waals surface area contributed by atoms with Gasteiger partial charge < -0.3 is 10.6 Å². The highest BCUT2D eigenvalue weighted by Crippen LogP contribution is 2.21. The van der Waals surface area contributed by atoms with Crippen molar-refractivity contribution in [3.63, 3.8) is 0 Å². The van der Waals surface area contributed by atoms with E-state index >= 15 is 0 Å². The van der Waals surface area contributed by atoms with Gasteiger partial charge in [0.15, 0.2) is 0 Å². The second kappa shape index (κ2) is 8.53. The van der Waals surface area contributed by atoms with E-state index in [1.807, 2.05) is 0 Å². The normalized spacial score (nSPS) is 10.3. The molecule has 0 aliphatic heterocycles. The van der Waals surface area contributed by atoms with Gasteiger partial charge in [0.1, 0.15) is 0 Å². The molecular weight excluding hydrogens is 394 g/mol. The minimum absolute atomic E-state index is 0.0404. The Bertz CT molecular complexity index is 1100. The zero-order valence-electron chi connectivity index (χ0n) is 15.3. The number of amides is 2. The summed E-state index contributed by atoms with van der Waals surface area (Å²) in [5.74, 6) is -0.690. The molecule has 7 nitrogen and oxygen atoms in total. The zero-order chi connectivity index (χ0) is 21.0. The maximum atomic E-state index is 12.4. The van der Waals surface area contributed by atoms with Crippen LogP contribution >= 0.6 is 11.6 Å². The van der Waals surface area contributed by atoms with E-state index in [9.17, 15) is 19.7 Å². The van der Waals surface area contributed by atoms with Crippen LogP contribution in [0.4, 0.5) is 17.1 Å². The Hall–Kier alpha value is -3.71. The van der Waals surface area contributed by atoms with Crippen LogP contribution in [0.3, 0.4) is 0 Å². The van der Waals surface area contributed by atoms with Crippen molar-refractivity contribution in [2.75, 3.05) is 10.6 Å². The molecule has 0 saturated heterocycles. The van der Waals surface area contributed by atoms with E-state index in [2.05, 4.69) is 10.6 Å². The Morgan fingerprint density at radius 3 is 1.90 bits per heavy atom. The predicted octanol–water partition coefficient (Wildman–Crippen LogP) is 5.06. The molecule has 146 valence electrons. The lowest BCUT2D eigenvalue weighted by molar-refractivity contribution is -0.385. The van der Waals surface area contributed by atoms with Gasteiger partial charge in [-0.1, -0.05) is 17.7 Å². The summed E-state index contributed by atoms with van der Waals surface area (Å²) < 4.78 is 0. The van der Waals surface area contributed by atoms with Gasteiger partial charge in [-0.25, -0.2) is 0 Å². The van der Waals surface area contributed by atoms with E-state index in [0.717, 1.165) is 0 Å². The number of carbonyl (C=O) groups excluding carboxylic acids is 2. The number of anilines is 2. The molecule has 0 aliphatic rings. The Kier molecular flexibility index (Phi) is 5.90. The molecule has 0 bridgehead atoms. The van der Waals surface area contributed by atoms with Crippen LogP contribution in [0.25, 0.3) is 0 Å². The monoisotopic (exact) mass is 409 g/mol. The van der Waals surface area contributed by atoms with E-state index < -0.39 is 10.8 Å². The number of benzene rings is 3. The topological polar surface area (TPSA) is 101 Å². The third kappa shape index (κ3) is 4.97. The molecule has 3 rings (SSSR count). The molecule has 2 amide bonds. The lowest BCUT2D eigenvalue weighted by atomic mass is 10.1. The third-order valence-corrected chi connectivity index (χ3v) is 4.38. The fraction of sp³-hybridized carbons (Fsp3) is 0.0476. The first-order valence-electron chi connectivity index (χ1n) is 8.57. The average Bonchev–Trinajstić information content (AvgIpc) is 2.69. The van der Waals surface area contributed by atoms with E-state index in [4.69, 9.17) is 11.6 Å². The quantitative estimate of drug-likeness (QED) is 0.454. The zero-order valence-corrected chi connectivity index (χ0v) is 16.1. The van der Waals surface area contributed by atoms with E-state index in [1.54, 1.807) is 55.5 Å². The molecule has 8 heteroatoms. The van der Waals surface area contributed by atoms with Crippen LogP contribution in [0.2, 0.25) is 5.02 Å². The molecule has 29 heavy (non-hydrogen) atoms. The molecule has 0 spiro atoms. The number of aryl methyl sites for hydroxylation is 1. The first-order valence-corrected chi connectivity index (χ1v) is 8.94. The van der Waals surface area contributed by atoms with E-state index in [-0.39, 0.29) is 11.6 Å². The Labute approximate surface area is 171 Å². The summed E-state index contributed by atoms with van der Waals surface area (Å²) in [4.78, 5) is 35.0. The lowest BCUT2D eigenvalue weighted by Crippen LogP contribution is -2.13. The van der Waals surface area contributed by atoms with Gasteiger partial charge in [-0.05, 0) is 61.5 Å². The molecule has 0 heterocycles. The third-order valence-electron chi connectivity index (χ3n) is 4.14. The number of hydrogen-bond acceptors (Lipinski definition) is 4. The number of nitrogens with one attached hydrogen (secondary N) is 2. The summed E-state index contributed by atoms with van der Waals surface area (Å²) in [6.45, 7) is 1.58. The van der Waals surface area contributed by atoms with Crippen LogP contribution in [-0.4, -0.2) is 16.7 Å². The lowest BCUT2D eigenvalue weighted by Gasteiger charge is -2.09. The molecule has 0 saturated carbocycles. The van der Waals surface area contributed by atoms with E-state index in [1.165, 1.54) is 18.2 Å². The minimum Gasteiger partial charge on any atom is -0.322 e. The van der Waals surface area contributed by atoms with Gasteiger partial charge in [0.05, 0.1) is 4.92 Å². The van der Waals surface area contributed by atoms with Crippen molar-refractivity contribution < 1.29 is 14.5 Å². The first-order chi connectivity index (χ1) is 13.8. The van der Waals surface area contributed by atoms with Crippen LogP contribution < -0.4 is 10.6 Å². The summed E-state index contributed by atoms with van der Waals surface area (Å²) in [6, 6.07) is 17.4. The molecule has 0 aliphatic carbocycles. The molecule has 0 fully saturated rings. The summed E-state index contributed by atoms with van der Waals surface area (Å²) in [6.07, 6.45) is 0. The molecule has 3 aromatic rings. The number of rotatable bonds is 5. The van der Waals surface area contributed by atoms with Crippen LogP contribution in [0.5, 0.6) is 0 Å². The molecule has 0 unspecified atom stereocenters. The van der Waals surface area contributed by atoms with Gasteiger partial charge >= 0.3 is 0 Å². The molecule has 0 radical (unpaired) electrons. The van der Waals surface area contributed by atoms with Gasteiger partial charge in [-0.3, -0.25) is 19.7 Å². The summed E-state index contributed by atoms with van der Waals surface area (Å²) in [5.41, 5.74) is 2.18. The standard InChI is InChI=1S/C21H16ClN3O4/c1-13-11-15(5-10-19(13)25(28)29)21(27)24-18-8-6-17(7-9-18)23-20(26)14-3-2-4-16(22)12-14/h2-12H,1H3,(H,23,26)(H,24,27). The highest BCUT2D eigenvalue weighted by atomic mass is 35.5. The largest absolute Gasteiger partial charge is 0.322 e. The van der Waals surface area contributed by atoms with Crippen molar-refractivity contribution in [2.45, 2.75) is 6.92 Å². The van der Waals surface area contributed by atoms with Crippen molar-refractivity contribution in [3.05, 3.63) is 98.6 Å². The SMILES string of the molecule is Cc1cc(C(=O)Nc2ccc(NC(=O)c3cccc(Cl)c3)cc2)ccc1[N+](=O)[O-]. The molecule has 0 aromatic heterocycles. The first kappa shape index (κ1) is 20.0. The van der Waals surface area contributed by atoms with Crippen LogP contribution in [0, 0.1) is 17.0 Å². The van der Waals surface area contributed by atoms with Crippen molar-refractivity contribution in [3.8, 4) is 0 Å². The number of nitro benzene ring substituents is 1. The van der Waals surface area contributed by atoms with Gasteiger partial charge in [0, 0.05) is 39.2 Å². The number of halogens is 1. The second-order valence-corrected chi connectivity index (χ2v) is 6.69. The molecule has 3 aromatic carbocycles. The number of nitrogens with zero attached hydrogens (tertiary/aromatic N) is 1. The minimum atomic E-state index is -0.493. The van der Waals surface area contributed by atoms with Crippen LogP contribution in [0.15, 0.2) is 66.7 Å². The van der Waals surface area contributed by atoms with Crippen molar-refractivity contribution in [1.82, 2.24) is 0 Å². The fourth-order valence-electron chi connectivity index (χ4n) is 2.67. The molecular formula is C21H16ClN3O4. The fourth-order valence-corrected chi connectivity index (χ4v) is 2.86.